The molecule has 0 fully saturated rings. The van der Waals surface area contributed by atoms with Crippen LogP contribution in [0.3, 0.4) is 0 Å². The van der Waals surface area contributed by atoms with Crippen LogP contribution < -0.4 is 5.73 Å². The average Bonchev–Trinajstić information content (AvgIpc) is 3.06. The first-order valence-corrected chi connectivity index (χ1v) is 7.36. The Labute approximate surface area is 122 Å². The van der Waals surface area contributed by atoms with E-state index in [0.717, 1.165) is 11.4 Å². The highest BCUT2D eigenvalue weighted by Gasteiger charge is 2.22. The van der Waals surface area contributed by atoms with Gasteiger partial charge in [-0.1, -0.05) is 13.8 Å². The van der Waals surface area contributed by atoms with Gasteiger partial charge < -0.3 is 15.0 Å². The summed E-state index contributed by atoms with van der Waals surface area (Å²) >= 11 is 1.36. The maximum Gasteiger partial charge on any atom is 0.350 e. The molecule has 0 bridgehead atoms. The van der Waals surface area contributed by atoms with Crippen molar-refractivity contribution in [2.45, 2.75) is 19.8 Å². The van der Waals surface area contributed by atoms with E-state index in [1.165, 1.54) is 18.4 Å². The van der Waals surface area contributed by atoms with Gasteiger partial charge in [0.05, 0.1) is 19.1 Å². The molecular formula is C14H19N3O2S. The van der Waals surface area contributed by atoms with Crippen molar-refractivity contribution < 1.29 is 9.53 Å². The first-order valence-electron chi connectivity index (χ1n) is 6.48. The molecule has 0 aliphatic carbocycles. The summed E-state index contributed by atoms with van der Waals surface area (Å²) < 4.78 is 6.75. The van der Waals surface area contributed by atoms with Gasteiger partial charge in [-0.15, -0.1) is 11.3 Å². The van der Waals surface area contributed by atoms with Crippen molar-refractivity contribution in [1.29, 1.82) is 0 Å². The van der Waals surface area contributed by atoms with Gasteiger partial charge in [0.25, 0.3) is 0 Å². The van der Waals surface area contributed by atoms with Crippen LogP contribution in [0.4, 0.5) is 0 Å². The fourth-order valence-electron chi connectivity index (χ4n) is 2.25. The molecule has 0 radical (unpaired) electrons. The topological polar surface area (TPSA) is 70.1 Å². The van der Waals surface area contributed by atoms with Crippen molar-refractivity contribution in [1.82, 2.24) is 9.55 Å². The molecule has 0 saturated carbocycles. The van der Waals surface area contributed by atoms with E-state index in [1.807, 2.05) is 22.2 Å². The Morgan fingerprint density at radius 1 is 1.55 bits per heavy atom. The molecule has 1 unspecified atom stereocenters. The number of nitrogens with two attached hydrogens (primary N) is 1. The van der Waals surface area contributed by atoms with E-state index in [0.29, 0.717) is 17.3 Å². The van der Waals surface area contributed by atoms with Crippen molar-refractivity contribution in [3.05, 3.63) is 34.5 Å². The number of hydrogen-bond acceptors (Lipinski definition) is 5. The predicted octanol–water partition coefficient (Wildman–Crippen LogP) is 2.42. The minimum absolute atomic E-state index is 0.197. The normalized spacial score (nSPS) is 12.7. The molecule has 0 spiro atoms. The molecule has 5 nitrogen and oxygen atoms in total. The maximum absolute atomic E-state index is 11.8. The van der Waals surface area contributed by atoms with Crippen LogP contribution in [0.5, 0.6) is 0 Å². The summed E-state index contributed by atoms with van der Waals surface area (Å²) in [5, 5.41) is 1.87. The Hall–Kier alpha value is -1.66. The smallest absolute Gasteiger partial charge is 0.350 e. The van der Waals surface area contributed by atoms with Gasteiger partial charge in [0.2, 0.25) is 0 Å². The van der Waals surface area contributed by atoms with Crippen molar-refractivity contribution in [3.8, 4) is 5.69 Å². The third-order valence-electron chi connectivity index (χ3n) is 3.38. The zero-order valence-corrected chi connectivity index (χ0v) is 12.7. The summed E-state index contributed by atoms with van der Waals surface area (Å²) in [4.78, 5) is 16.6. The lowest BCUT2D eigenvalue weighted by Gasteiger charge is -2.20. The molecular weight excluding hydrogens is 274 g/mol. The molecule has 0 aliphatic rings. The predicted molar refractivity (Wildman–Crippen MR) is 79.4 cm³/mol. The van der Waals surface area contributed by atoms with E-state index in [1.54, 1.807) is 6.33 Å². The number of carbonyl (C=O) groups excluding carboxylic acids is 1. The van der Waals surface area contributed by atoms with Gasteiger partial charge in [-0.25, -0.2) is 9.78 Å². The van der Waals surface area contributed by atoms with Crippen LogP contribution >= 0.6 is 11.3 Å². The number of aromatic nitrogens is 2. The van der Waals surface area contributed by atoms with E-state index in [9.17, 15) is 4.79 Å². The Bertz CT molecular complexity index is 589. The zero-order chi connectivity index (χ0) is 14.7. The van der Waals surface area contributed by atoms with Gasteiger partial charge in [0.1, 0.15) is 4.88 Å². The van der Waals surface area contributed by atoms with Crippen LogP contribution in [0.2, 0.25) is 0 Å². The highest BCUT2D eigenvalue weighted by molar-refractivity contribution is 7.12. The number of imidazole rings is 1. The fourth-order valence-corrected chi connectivity index (χ4v) is 3.05. The average molecular weight is 293 g/mol. The molecule has 2 aromatic heterocycles. The summed E-state index contributed by atoms with van der Waals surface area (Å²) in [6, 6.07) is 1.90. The van der Waals surface area contributed by atoms with Crippen LogP contribution in [-0.4, -0.2) is 29.2 Å². The third-order valence-corrected chi connectivity index (χ3v) is 4.26. The second-order valence-electron chi connectivity index (χ2n) is 4.90. The molecule has 2 aromatic rings. The first kappa shape index (κ1) is 14.7. The minimum Gasteiger partial charge on any atom is -0.465 e. The van der Waals surface area contributed by atoms with E-state index < -0.39 is 0 Å². The molecule has 2 rings (SSSR count). The number of hydrogen-bond donors (Lipinski definition) is 1. The Morgan fingerprint density at radius 2 is 2.30 bits per heavy atom. The molecule has 6 heteroatoms. The molecule has 0 aromatic carbocycles. The quantitative estimate of drug-likeness (QED) is 0.859. The van der Waals surface area contributed by atoms with Crippen molar-refractivity contribution in [2.24, 2.45) is 11.7 Å². The zero-order valence-electron chi connectivity index (χ0n) is 11.9. The summed E-state index contributed by atoms with van der Waals surface area (Å²) in [7, 11) is 1.39. The minimum atomic E-state index is -0.330. The lowest BCUT2D eigenvalue weighted by Crippen LogP contribution is -2.20. The number of esters is 1. The van der Waals surface area contributed by atoms with Gasteiger partial charge in [-0.3, -0.25) is 0 Å². The highest BCUT2D eigenvalue weighted by atomic mass is 32.1. The number of thiophene rings is 1. The number of ether oxygens (including phenoxy) is 1. The van der Waals surface area contributed by atoms with Crippen molar-refractivity contribution in [2.75, 3.05) is 13.7 Å². The highest BCUT2D eigenvalue weighted by Crippen LogP contribution is 2.29. The summed E-state index contributed by atoms with van der Waals surface area (Å²) in [5.74, 6) is 0.266. The lowest BCUT2D eigenvalue weighted by atomic mass is 9.93. The van der Waals surface area contributed by atoms with Crippen molar-refractivity contribution in [3.63, 3.8) is 0 Å². The SMILES string of the molecule is COC(=O)c1sccc1-n1cncc1C(CN)C(C)C. The Morgan fingerprint density at radius 3 is 2.90 bits per heavy atom. The molecule has 1 atom stereocenters. The summed E-state index contributed by atoms with van der Waals surface area (Å²) in [6.07, 6.45) is 3.53. The van der Waals surface area contributed by atoms with E-state index in [4.69, 9.17) is 10.5 Å². The molecule has 0 amide bonds. The largest absolute Gasteiger partial charge is 0.465 e. The van der Waals surface area contributed by atoms with Crippen LogP contribution in [0.15, 0.2) is 24.0 Å². The number of methoxy groups -OCH3 is 1. The van der Waals surface area contributed by atoms with Crippen LogP contribution in [-0.2, 0) is 4.74 Å². The van der Waals surface area contributed by atoms with Gasteiger partial charge in [0.15, 0.2) is 0 Å². The standard InChI is InChI=1S/C14H19N3O2S/c1-9(2)10(6-15)12-7-16-8-17(12)11-4-5-20-13(11)14(18)19-3/h4-5,7-10H,6,15H2,1-3H3. The van der Waals surface area contributed by atoms with Gasteiger partial charge in [-0.2, -0.15) is 0 Å². The number of carbonyl (C=O) groups is 1. The number of rotatable bonds is 5. The molecule has 0 saturated heterocycles. The van der Waals surface area contributed by atoms with Crippen molar-refractivity contribution >= 4 is 17.3 Å². The van der Waals surface area contributed by atoms with E-state index >= 15 is 0 Å². The third kappa shape index (κ3) is 2.62. The van der Waals surface area contributed by atoms with E-state index in [-0.39, 0.29) is 11.9 Å². The summed E-state index contributed by atoms with van der Waals surface area (Å²) in [5.41, 5.74) is 7.70. The van der Waals surface area contributed by atoms with E-state index in [2.05, 4.69) is 18.8 Å². The molecule has 2 heterocycles. The number of nitrogens with zero attached hydrogens (tertiary/aromatic N) is 2. The molecule has 20 heavy (non-hydrogen) atoms. The van der Waals surface area contributed by atoms with Crippen LogP contribution in [0.25, 0.3) is 5.69 Å². The van der Waals surface area contributed by atoms with Gasteiger partial charge in [0, 0.05) is 24.4 Å². The first-order chi connectivity index (χ1) is 9.60. The fraction of sp³-hybridized carbons (Fsp3) is 0.429. The lowest BCUT2D eigenvalue weighted by molar-refractivity contribution is 0.0606. The van der Waals surface area contributed by atoms with Gasteiger partial charge in [-0.05, 0) is 17.4 Å². The monoisotopic (exact) mass is 293 g/mol. The molecule has 0 aliphatic heterocycles. The van der Waals surface area contributed by atoms with Gasteiger partial charge >= 0.3 is 5.97 Å². The maximum atomic E-state index is 11.8. The molecule has 108 valence electrons. The summed E-state index contributed by atoms with van der Waals surface area (Å²) in [6.45, 7) is 4.80. The molecule has 2 N–H and O–H groups in total. The Kier molecular flexibility index (Phi) is 4.57. The second-order valence-corrected chi connectivity index (χ2v) is 5.82. The second kappa shape index (κ2) is 6.19. The Balaban J connectivity index is 2.48. The van der Waals surface area contributed by atoms with Crippen LogP contribution in [0, 0.1) is 5.92 Å². The van der Waals surface area contributed by atoms with Crippen LogP contribution in [0.1, 0.15) is 35.1 Å².